The molecule has 2 nitrogen and oxygen atoms in total. The average molecular weight is 527 g/mol. The van der Waals surface area contributed by atoms with Crippen molar-refractivity contribution in [2.75, 3.05) is 25.7 Å². The molecule has 0 aliphatic heterocycles. The predicted molar refractivity (Wildman–Crippen MR) is 156 cm³/mol. The third-order valence-electron chi connectivity index (χ3n) is 6.32. The minimum atomic E-state index is -0.700. The Kier molecular flexibility index (Phi) is 25.6. The highest BCUT2D eigenvalue weighted by atomic mass is 33.5. The molecule has 0 amide bonds. The van der Waals surface area contributed by atoms with Crippen molar-refractivity contribution in [2.24, 2.45) is 0 Å². The topological polar surface area (TPSA) is 18.5 Å². The van der Waals surface area contributed by atoms with E-state index < -0.39 is 17.6 Å². The summed E-state index contributed by atoms with van der Waals surface area (Å²) >= 11 is 0. The van der Waals surface area contributed by atoms with Gasteiger partial charge in [-0.15, -0.1) is 0 Å². The Morgan fingerprint density at radius 1 is 0.581 bits per heavy atom. The summed E-state index contributed by atoms with van der Waals surface area (Å²) in [6.45, 7) is 9.34. The van der Waals surface area contributed by atoms with Gasteiger partial charge in [-0.3, -0.25) is 0 Å². The fourth-order valence-electron chi connectivity index (χ4n) is 4.72. The molecule has 188 valence electrons. The molecule has 0 bridgehead atoms. The first kappa shape index (κ1) is 32.4. The van der Waals surface area contributed by atoms with E-state index in [9.17, 15) is 0 Å². The molecule has 0 N–H and O–H groups in total. The van der Waals surface area contributed by atoms with Crippen LogP contribution in [0.3, 0.4) is 0 Å². The minimum absolute atomic E-state index is 0.611. The first-order valence-corrected chi connectivity index (χ1v) is 21.6. The van der Waals surface area contributed by atoms with Crippen molar-refractivity contribution in [3.8, 4) is 0 Å². The first-order valence-electron chi connectivity index (χ1n) is 13.1. The van der Waals surface area contributed by atoms with Crippen molar-refractivity contribution >= 4 is 49.0 Å². The van der Waals surface area contributed by atoms with E-state index in [-0.39, 0.29) is 0 Å². The summed E-state index contributed by atoms with van der Waals surface area (Å²) < 4.78 is 11.8. The van der Waals surface area contributed by atoms with Crippen LogP contribution in [-0.4, -0.2) is 54.8 Å². The van der Waals surface area contributed by atoms with E-state index >= 15 is 0 Å². The molecule has 31 heavy (non-hydrogen) atoms. The lowest BCUT2D eigenvalue weighted by Gasteiger charge is -2.24. The Bertz CT molecular complexity index is 324. The van der Waals surface area contributed by atoms with Gasteiger partial charge >= 0.3 is 0 Å². The van der Waals surface area contributed by atoms with Gasteiger partial charge in [0.15, 0.2) is 0 Å². The van der Waals surface area contributed by atoms with E-state index in [1.54, 1.807) is 0 Å². The van der Waals surface area contributed by atoms with Crippen molar-refractivity contribution in [2.45, 2.75) is 128 Å². The zero-order valence-electron chi connectivity index (χ0n) is 21.7. The second-order valence-corrected chi connectivity index (χ2v) is 20.2. The number of unbranched alkanes of at least 4 members (excludes halogenated alkanes) is 2. The Hall–Kier alpha value is 1.40. The van der Waals surface area contributed by atoms with Gasteiger partial charge in [0.2, 0.25) is 0 Å². The zero-order valence-corrected chi connectivity index (χ0v) is 26.4. The predicted octanol–water partition coefficient (Wildman–Crippen LogP) is 8.56. The van der Waals surface area contributed by atoms with Crippen LogP contribution in [0.5, 0.6) is 0 Å². The second-order valence-electron chi connectivity index (χ2n) is 8.93. The van der Waals surface area contributed by atoms with Gasteiger partial charge in [-0.05, 0) is 35.5 Å². The molecule has 0 aliphatic rings. The van der Waals surface area contributed by atoms with Crippen LogP contribution in [0.4, 0.5) is 0 Å². The van der Waals surface area contributed by atoms with Crippen molar-refractivity contribution in [1.82, 2.24) is 0 Å². The Morgan fingerprint density at radius 2 is 0.935 bits per heavy atom. The summed E-state index contributed by atoms with van der Waals surface area (Å²) in [4.78, 5) is 0. The Morgan fingerprint density at radius 3 is 1.23 bits per heavy atom. The lowest BCUT2D eigenvalue weighted by atomic mass is 10.3. The van der Waals surface area contributed by atoms with Crippen LogP contribution in [0.25, 0.3) is 0 Å². The Balaban J connectivity index is 3.74. The highest BCUT2D eigenvalue weighted by Gasteiger charge is 2.21. The van der Waals surface area contributed by atoms with E-state index in [2.05, 4.69) is 49.3 Å². The molecular formula is C24H54O2S3Si2. The van der Waals surface area contributed by atoms with Gasteiger partial charge in [-0.2, -0.15) is 0 Å². The number of hydrogen-bond acceptors (Lipinski definition) is 5. The molecule has 0 saturated heterocycles. The van der Waals surface area contributed by atoms with E-state index in [0.717, 1.165) is 0 Å². The molecule has 0 saturated carbocycles. The summed E-state index contributed by atoms with van der Waals surface area (Å²) in [5.41, 5.74) is 1.22. The van der Waals surface area contributed by atoms with Gasteiger partial charge in [0.1, 0.15) is 0 Å². The smallest absolute Gasteiger partial charge is 0.0716 e. The maximum Gasteiger partial charge on any atom is 0.0716 e. The van der Waals surface area contributed by atoms with Gasteiger partial charge < -0.3 is 9.47 Å². The highest BCUT2D eigenvalue weighted by Crippen LogP contribution is 2.36. The van der Waals surface area contributed by atoms with E-state index in [1.165, 1.54) is 99.9 Å². The molecule has 0 radical (unpaired) electrons. The van der Waals surface area contributed by atoms with Crippen LogP contribution < -0.4 is 0 Å². The van der Waals surface area contributed by atoms with Crippen LogP contribution in [0.15, 0.2) is 0 Å². The monoisotopic (exact) mass is 526 g/mol. The van der Waals surface area contributed by atoms with E-state index in [0.29, 0.717) is 11.5 Å². The standard InChI is InChI=1S/C24H54O2S3Si2/c1-7-19-30(20-8-2)23(25-5)15-11-13-17-27-29-28-18-14-12-16-24(26-6)31(21-9-3)22-10-4/h23-24,30-31H,7-22H2,1-6H3. The molecule has 0 aliphatic carbocycles. The fraction of sp³-hybridized carbons (Fsp3) is 1.00. The van der Waals surface area contributed by atoms with Gasteiger partial charge in [-0.1, -0.05) is 112 Å². The molecule has 0 aromatic carbocycles. The summed E-state index contributed by atoms with van der Waals surface area (Å²) in [7, 11) is 8.63. The summed E-state index contributed by atoms with van der Waals surface area (Å²) in [5, 5.41) is 0. The zero-order chi connectivity index (χ0) is 23.2. The SMILES string of the molecule is CCC[SiH](CCC)C(CCCCSSSCCCCC(OC)[SiH](CCC)CCC)OC. The van der Waals surface area contributed by atoms with Crippen molar-refractivity contribution in [1.29, 1.82) is 0 Å². The molecule has 0 aromatic heterocycles. The van der Waals surface area contributed by atoms with Crippen LogP contribution in [-0.2, 0) is 9.47 Å². The number of ether oxygens (including phenoxy) is 2. The van der Waals surface area contributed by atoms with Gasteiger partial charge in [0.25, 0.3) is 0 Å². The molecule has 7 heteroatoms. The van der Waals surface area contributed by atoms with E-state index in [4.69, 9.17) is 9.47 Å². The van der Waals surface area contributed by atoms with E-state index in [1.807, 2.05) is 24.0 Å². The van der Waals surface area contributed by atoms with Crippen LogP contribution in [0, 0.1) is 0 Å². The molecular weight excluding hydrogens is 473 g/mol. The van der Waals surface area contributed by atoms with Crippen LogP contribution >= 0.6 is 31.4 Å². The molecule has 0 aromatic rings. The highest BCUT2D eigenvalue weighted by molar-refractivity contribution is 9.09. The molecule has 2 atom stereocenters. The average Bonchev–Trinajstić information content (AvgIpc) is 2.77. The molecule has 0 fully saturated rings. The minimum Gasteiger partial charge on any atom is -0.385 e. The van der Waals surface area contributed by atoms with Gasteiger partial charge in [0, 0.05) is 37.2 Å². The maximum atomic E-state index is 5.91. The number of rotatable bonds is 24. The van der Waals surface area contributed by atoms with Crippen LogP contribution in [0.2, 0.25) is 24.2 Å². The van der Waals surface area contributed by atoms with Gasteiger partial charge in [0.05, 0.1) is 17.6 Å². The lowest BCUT2D eigenvalue weighted by Crippen LogP contribution is -2.32. The summed E-state index contributed by atoms with van der Waals surface area (Å²) in [6, 6.07) is 5.83. The largest absolute Gasteiger partial charge is 0.385 e. The molecule has 0 heterocycles. The normalized spacial score (nSPS) is 13.9. The first-order chi connectivity index (χ1) is 15.2. The summed E-state index contributed by atoms with van der Waals surface area (Å²) in [6.07, 6.45) is 13.3. The number of hydrogen-bond donors (Lipinski definition) is 0. The third-order valence-corrected chi connectivity index (χ3v) is 19.3. The molecule has 2 unspecified atom stereocenters. The van der Waals surface area contributed by atoms with Crippen molar-refractivity contribution in [3.63, 3.8) is 0 Å². The van der Waals surface area contributed by atoms with Crippen LogP contribution in [0.1, 0.15) is 91.9 Å². The summed E-state index contributed by atoms with van der Waals surface area (Å²) in [5.74, 6) is 2.57. The maximum absolute atomic E-state index is 5.91. The third kappa shape index (κ3) is 17.5. The fourth-order valence-corrected chi connectivity index (χ4v) is 15.9. The quantitative estimate of drug-likeness (QED) is 0.0710. The van der Waals surface area contributed by atoms with Crippen molar-refractivity contribution < 1.29 is 9.47 Å². The molecule has 0 spiro atoms. The second kappa shape index (κ2) is 24.5. The van der Waals surface area contributed by atoms with Crippen molar-refractivity contribution in [3.05, 3.63) is 0 Å². The number of methoxy groups -OCH3 is 2. The lowest BCUT2D eigenvalue weighted by molar-refractivity contribution is 0.150. The molecule has 0 rings (SSSR count). The Labute approximate surface area is 210 Å². The van der Waals surface area contributed by atoms with Gasteiger partial charge in [-0.25, -0.2) is 0 Å².